The number of aliphatic hydroxyl groups is 5. The summed E-state index contributed by atoms with van der Waals surface area (Å²) >= 11 is 6.50. The zero-order valence-electron chi connectivity index (χ0n) is 29.9. The molecule has 2 fully saturated rings. The van der Waals surface area contributed by atoms with Crippen LogP contribution in [-0.4, -0.2) is 112 Å². The summed E-state index contributed by atoms with van der Waals surface area (Å²) in [5.41, 5.74) is 2.66. The Balaban J connectivity index is 1.11. The van der Waals surface area contributed by atoms with Gasteiger partial charge in [-0.3, -0.25) is 4.98 Å². The van der Waals surface area contributed by atoms with Gasteiger partial charge in [0.2, 0.25) is 10.0 Å². The summed E-state index contributed by atoms with van der Waals surface area (Å²) in [7, 11) is -3.99. The van der Waals surface area contributed by atoms with Gasteiger partial charge < -0.3 is 50.7 Å². The number of hydrogen-bond donors (Lipinski definition) is 9. The lowest BCUT2D eigenvalue weighted by Crippen LogP contribution is -2.52. The molecule has 0 aliphatic heterocycles. The molecule has 3 aromatic rings. The fourth-order valence-corrected chi connectivity index (χ4v) is 7.21. The van der Waals surface area contributed by atoms with E-state index in [0.717, 1.165) is 48.1 Å². The first-order chi connectivity index (χ1) is 26.2. The number of aliphatic hydroxyl groups excluding tert-OH is 5. The van der Waals surface area contributed by atoms with Crippen molar-refractivity contribution in [2.45, 2.75) is 98.6 Å². The predicted octanol–water partition coefficient (Wildman–Crippen LogP) is 1.79. The van der Waals surface area contributed by atoms with E-state index in [2.05, 4.69) is 20.3 Å². The molecule has 5 rings (SSSR count). The highest BCUT2D eigenvalue weighted by molar-refractivity contribution is 7.89. The van der Waals surface area contributed by atoms with E-state index >= 15 is 0 Å². The number of hydrogen-bond acceptors (Lipinski definition) is 12. The van der Waals surface area contributed by atoms with E-state index in [-0.39, 0.29) is 43.4 Å². The lowest BCUT2D eigenvalue weighted by molar-refractivity contribution is -0.139. The topological polar surface area (TPSA) is 257 Å². The van der Waals surface area contributed by atoms with Gasteiger partial charge in [0.15, 0.2) is 0 Å². The first-order valence-corrected chi connectivity index (χ1v) is 19.8. The number of carboxylic acid groups (broad SMARTS) is 1. The van der Waals surface area contributed by atoms with Crippen molar-refractivity contribution in [2.75, 3.05) is 19.7 Å². The van der Waals surface area contributed by atoms with E-state index in [0.29, 0.717) is 10.6 Å². The summed E-state index contributed by atoms with van der Waals surface area (Å²) in [6.07, 6.45) is 0.426. The molecule has 2 aliphatic rings. The summed E-state index contributed by atoms with van der Waals surface area (Å²) in [4.78, 5) is 28.3. The third kappa shape index (κ3) is 11.3. The van der Waals surface area contributed by atoms with Gasteiger partial charge in [-0.2, -0.15) is 0 Å². The maximum absolute atomic E-state index is 13.2. The maximum atomic E-state index is 13.2. The molecule has 2 amide bonds. The second-order valence-corrected chi connectivity index (χ2v) is 15.9. The fourth-order valence-electron chi connectivity index (χ4n) is 5.91. The van der Waals surface area contributed by atoms with Crippen molar-refractivity contribution in [1.82, 2.24) is 20.3 Å². The number of aromatic nitrogens is 1. The number of aliphatic carboxylic acids is 1. The highest BCUT2D eigenvalue weighted by atomic mass is 35.5. The first kappa shape index (κ1) is 42.2. The van der Waals surface area contributed by atoms with Crippen molar-refractivity contribution < 1.29 is 58.1 Å². The number of sulfonamides is 1. The quantitative estimate of drug-likeness (QED) is 0.0658. The van der Waals surface area contributed by atoms with Crippen LogP contribution in [0.4, 0.5) is 4.79 Å². The Kier molecular flexibility index (Phi) is 14.5. The van der Waals surface area contributed by atoms with Crippen LogP contribution in [0.25, 0.3) is 11.1 Å². The zero-order valence-corrected chi connectivity index (χ0v) is 31.5. The van der Waals surface area contributed by atoms with Crippen molar-refractivity contribution in [1.29, 1.82) is 0 Å². The van der Waals surface area contributed by atoms with Crippen LogP contribution >= 0.6 is 11.6 Å². The predicted molar refractivity (Wildman–Crippen MR) is 199 cm³/mol. The van der Waals surface area contributed by atoms with Gasteiger partial charge in [-0.25, -0.2) is 22.7 Å². The number of nitrogens with zero attached hydrogens (tertiary/aromatic N) is 1. The number of amides is 2. The fraction of sp³-hybridized carbons (Fsp3) is 0.486. The number of carbonyl (C=O) groups excluding carboxylic acids is 1. The van der Waals surface area contributed by atoms with Gasteiger partial charge in [-0.05, 0) is 86.4 Å². The second-order valence-electron chi connectivity index (χ2n) is 13.7. The minimum absolute atomic E-state index is 0.0268. The van der Waals surface area contributed by atoms with E-state index in [9.17, 15) is 43.5 Å². The normalized spacial score (nSPS) is 17.7. The van der Waals surface area contributed by atoms with Gasteiger partial charge >= 0.3 is 12.0 Å². The van der Waals surface area contributed by atoms with E-state index in [1.165, 1.54) is 18.2 Å². The Morgan fingerprint density at radius 1 is 0.982 bits per heavy atom. The van der Waals surface area contributed by atoms with Crippen LogP contribution in [-0.2, 0) is 31.8 Å². The molecule has 55 heavy (non-hydrogen) atoms. The van der Waals surface area contributed by atoms with Gasteiger partial charge in [-0.15, -0.1) is 0 Å². The van der Waals surface area contributed by atoms with E-state index in [1.807, 2.05) is 30.3 Å². The average Bonchev–Trinajstić information content (AvgIpc) is 4.13. The SMILES string of the molecule is O=C(NCC(O)C(O)C(O)C(O)CO)NC(CCCCNS(=O)(=O)c1ccc(Cl)c(COC2(c3cnccc3-c3ccccc3OC3CC3)CC2)c1)C(=O)O. The van der Waals surface area contributed by atoms with Gasteiger partial charge in [0.1, 0.15) is 30.1 Å². The molecule has 300 valence electrons. The van der Waals surface area contributed by atoms with Crippen molar-refractivity contribution in [3.63, 3.8) is 0 Å². The van der Waals surface area contributed by atoms with Crippen LogP contribution in [0.3, 0.4) is 0 Å². The van der Waals surface area contributed by atoms with Crippen molar-refractivity contribution >= 4 is 33.6 Å². The smallest absolute Gasteiger partial charge is 0.326 e. The molecule has 0 bridgehead atoms. The molecule has 1 heterocycles. The molecule has 0 spiro atoms. The highest BCUT2D eigenvalue weighted by Gasteiger charge is 2.48. The largest absolute Gasteiger partial charge is 0.490 e. The summed E-state index contributed by atoms with van der Waals surface area (Å²) in [6.45, 7) is -1.46. The number of ether oxygens (including phenoxy) is 2. The van der Waals surface area contributed by atoms with Gasteiger partial charge in [0, 0.05) is 41.6 Å². The van der Waals surface area contributed by atoms with Crippen molar-refractivity contribution in [2.24, 2.45) is 0 Å². The molecule has 0 radical (unpaired) electrons. The lowest BCUT2D eigenvalue weighted by atomic mass is 9.96. The van der Waals surface area contributed by atoms with Crippen LogP contribution in [0.1, 0.15) is 56.1 Å². The van der Waals surface area contributed by atoms with Gasteiger partial charge in [0.05, 0.1) is 35.9 Å². The molecule has 5 unspecified atom stereocenters. The summed E-state index contributed by atoms with van der Waals surface area (Å²) in [6, 6.07) is 11.8. The number of halogens is 1. The number of carboxylic acids is 1. The second kappa shape index (κ2) is 18.8. The number of carbonyl (C=O) groups is 2. The Morgan fingerprint density at radius 3 is 2.40 bits per heavy atom. The van der Waals surface area contributed by atoms with E-state index in [1.54, 1.807) is 12.4 Å². The molecule has 2 saturated carbocycles. The molecule has 9 N–H and O–H groups in total. The standard InChI is InChI=1S/C37H47ClN4O12S/c38-28-11-10-24(55(51,52)41-15-4-3-6-29(35(48)49)42-36(50)40-19-30(44)33(46)34(47)31(45)20-43)17-22(28)21-53-37(13-14-37)27-18-39-16-12-25(27)26-5-1-2-7-32(26)54-23-8-9-23/h1-2,5,7,10-12,16-18,23,29-31,33-34,41,43-47H,3-4,6,8-9,13-15,19-21H2,(H,48,49)(H2,40,42,50). The van der Waals surface area contributed by atoms with Gasteiger partial charge in [0.25, 0.3) is 0 Å². The summed E-state index contributed by atoms with van der Waals surface area (Å²) in [5.74, 6) is -0.552. The van der Waals surface area contributed by atoms with Crippen LogP contribution in [0, 0.1) is 0 Å². The van der Waals surface area contributed by atoms with Crippen molar-refractivity contribution in [3.8, 4) is 16.9 Å². The molecular weight excluding hydrogens is 760 g/mol. The number of pyridine rings is 1. The number of rotatable bonds is 22. The van der Waals surface area contributed by atoms with Crippen molar-refractivity contribution in [3.05, 3.63) is 77.1 Å². The Morgan fingerprint density at radius 2 is 1.71 bits per heavy atom. The molecule has 16 nitrogen and oxygen atoms in total. The molecule has 0 saturated heterocycles. The first-order valence-electron chi connectivity index (χ1n) is 18.0. The van der Waals surface area contributed by atoms with Crippen LogP contribution in [0.5, 0.6) is 5.75 Å². The summed E-state index contributed by atoms with van der Waals surface area (Å²) < 4.78 is 41.6. The third-order valence-corrected chi connectivity index (χ3v) is 11.3. The summed E-state index contributed by atoms with van der Waals surface area (Å²) in [5, 5.41) is 62.0. The number of benzene rings is 2. The highest BCUT2D eigenvalue weighted by Crippen LogP contribution is 2.53. The Bertz CT molecular complexity index is 1900. The van der Waals surface area contributed by atoms with E-state index in [4.69, 9.17) is 26.2 Å². The average molecular weight is 807 g/mol. The minimum Gasteiger partial charge on any atom is -0.490 e. The van der Waals surface area contributed by atoms with Crippen LogP contribution in [0.2, 0.25) is 5.02 Å². The molecule has 1 aromatic heterocycles. The minimum atomic E-state index is -3.99. The molecule has 2 aliphatic carbocycles. The molecular formula is C37H47ClN4O12S. The number of urea groups is 1. The molecule has 18 heteroatoms. The van der Waals surface area contributed by atoms with Gasteiger partial charge in [-0.1, -0.05) is 29.8 Å². The Labute approximate surface area is 323 Å². The van der Waals surface area contributed by atoms with Crippen LogP contribution in [0.15, 0.2) is 65.8 Å². The molecule has 5 atom stereocenters. The molecule has 2 aromatic carbocycles. The zero-order chi connectivity index (χ0) is 39.8. The van der Waals surface area contributed by atoms with E-state index < -0.39 is 71.2 Å². The number of nitrogens with one attached hydrogen (secondary N) is 3. The number of para-hydroxylation sites is 1. The lowest BCUT2D eigenvalue weighted by Gasteiger charge is -2.26. The monoisotopic (exact) mass is 806 g/mol. The number of unbranched alkanes of at least 4 members (excludes halogenated alkanes) is 1. The third-order valence-electron chi connectivity index (χ3n) is 9.46. The van der Waals surface area contributed by atoms with Crippen LogP contribution < -0.4 is 20.1 Å². The Hall–Kier alpha value is -3.91. The maximum Gasteiger partial charge on any atom is 0.326 e.